The number of benzene rings is 1. The van der Waals surface area contributed by atoms with Crippen molar-refractivity contribution in [2.75, 3.05) is 19.0 Å². The van der Waals surface area contributed by atoms with Gasteiger partial charge in [-0.2, -0.15) is 0 Å². The summed E-state index contributed by atoms with van der Waals surface area (Å²) in [6.07, 6.45) is 1.43. The minimum atomic E-state index is -0.549. The Morgan fingerprint density at radius 3 is 2.66 bits per heavy atom. The molecule has 150 valence electrons. The van der Waals surface area contributed by atoms with Crippen LogP contribution in [0, 0.1) is 6.92 Å². The molecule has 0 atom stereocenters. The topological polar surface area (TPSA) is 99.0 Å². The number of ketones is 1. The lowest BCUT2D eigenvalue weighted by Crippen LogP contribution is -2.28. The average molecular weight is 416 g/mol. The number of ether oxygens (including phenoxy) is 2. The molecule has 1 aromatic carbocycles. The van der Waals surface area contributed by atoms with Crippen LogP contribution in [0.15, 0.2) is 41.3 Å². The van der Waals surface area contributed by atoms with Gasteiger partial charge in [-0.05, 0) is 44.2 Å². The molecule has 1 amide bonds. The summed E-state index contributed by atoms with van der Waals surface area (Å²) in [6, 6.07) is 7.89. The Labute approximate surface area is 171 Å². The number of hydrogen-bond acceptors (Lipinski definition) is 6. The van der Waals surface area contributed by atoms with E-state index in [-0.39, 0.29) is 18.1 Å². The number of aryl methyl sites for hydroxylation is 1. The Kier molecular flexibility index (Phi) is 5.84. The van der Waals surface area contributed by atoms with Crippen LogP contribution in [-0.4, -0.2) is 34.8 Å². The molecule has 0 aliphatic rings. The molecule has 3 aromatic rings. The lowest BCUT2D eigenvalue weighted by atomic mass is 10.1. The van der Waals surface area contributed by atoms with Crippen LogP contribution in [0.2, 0.25) is 5.02 Å². The van der Waals surface area contributed by atoms with Gasteiger partial charge in [0.25, 0.3) is 11.5 Å². The summed E-state index contributed by atoms with van der Waals surface area (Å²) in [6.45, 7) is 2.69. The first-order valence-electron chi connectivity index (χ1n) is 8.60. The van der Waals surface area contributed by atoms with Gasteiger partial charge in [0.15, 0.2) is 23.9 Å². The van der Waals surface area contributed by atoms with E-state index in [1.165, 1.54) is 30.7 Å². The summed E-state index contributed by atoms with van der Waals surface area (Å²) in [7, 11) is 1.43. The van der Waals surface area contributed by atoms with Crippen molar-refractivity contribution in [2.24, 2.45) is 0 Å². The molecule has 0 aliphatic carbocycles. The van der Waals surface area contributed by atoms with Crippen molar-refractivity contribution in [3.05, 3.63) is 63.2 Å². The van der Waals surface area contributed by atoms with Gasteiger partial charge in [0.2, 0.25) is 0 Å². The Bertz CT molecular complexity index is 1170. The second-order valence-electron chi connectivity index (χ2n) is 6.21. The Morgan fingerprint density at radius 1 is 1.21 bits per heavy atom. The standard InChI is InChI=1S/C20H18ClN3O5/c1-11-19(20(27)24-9-14(21)5-7-17(24)22-11)23-18(26)10-29-15-6-4-13(12(2)25)8-16(15)28-3/h4-9H,10H2,1-3H3,(H,23,26). The Hall–Kier alpha value is -3.39. The zero-order chi connectivity index (χ0) is 21.1. The lowest BCUT2D eigenvalue weighted by Gasteiger charge is -2.12. The van der Waals surface area contributed by atoms with Crippen molar-refractivity contribution in [3.63, 3.8) is 0 Å². The molecule has 0 radical (unpaired) electrons. The second-order valence-corrected chi connectivity index (χ2v) is 6.65. The molecule has 3 rings (SSSR count). The number of Topliss-reactive ketones (excluding diaryl/α,β-unsaturated/α-hetero) is 1. The van der Waals surface area contributed by atoms with Gasteiger partial charge in [0.1, 0.15) is 11.3 Å². The van der Waals surface area contributed by atoms with Crippen molar-refractivity contribution in [1.82, 2.24) is 9.38 Å². The zero-order valence-electron chi connectivity index (χ0n) is 16.0. The molecule has 8 nitrogen and oxygen atoms in total. The van der Waals surface area contributed by atoms with Gasteiger partial charge < -0.3 is 14.8 Å². The van der Waals surface area contributed by atoms with Crippen LogP contribution >= 0.6 is 11.6 Å². The van der Waals surface area contributed by atoms with Gasteiger partial charge in [0, 0.05) is 11.8 Å². The number of carbonyl (C=O) groups excluding carboxylic acids is 2. The van der Waals surface area contributed by atoms with Crippen molar-refractivity contribution < 1.29 is 19.1 Å². The molecular weight excluding hydrogens is 398 g/mol. The number of aromatic nitrogens is 2. The van der Waals surface area contributed by atoms with E-state index in [2.05, 4.69) is 10.3 Å². The molecular formula is C20H18ClN3O5. The first-order chi connectivity index (χ1) is 13.8. The fraction of sp³-hybridized carbons (Fsp3) is 0.200. The van der Waals surface area contributed by atoms with Crippen molar-refractivity contribution in [1.29, 1.82) is 0 Å². The molecule has 0 spiro atoms. The van der Waals surface area contributed by atoms with Crippen molar-refractivity contribution >= 4 is 34.6 Å². The lowest BCUT2D eigenvalue weighted by molar-refractivity contribution is -0.118. The fourth-order valence-corrected chi connectivity index (χ4v) is 2.85. The van der Waals surface area contributed by atoms with E-state index in [9.17, 15) is 14.4 Å². The van der Waals surface area contributed by atoms with Crippen molar-refractivity contribution in [2.45, 2.75) is 13.8 Å². The summed E-state index contributed by atoms with van der Waals surface area (Å²) in [5.74, 6) is -0.0487. The first kappa shape index (κ1) is 20.3. The van der Waals surface area contributed by atoms with Gasteiger partial charge in [0.05, 0.1) is 17.8 Å². The summed E-state index contributed by atoms with van der Waals surface area (Å²) >= 11 is 5.94. The van der Waals surface area contributed by atoms with E-state index in [4.69, 9.17) is 21.1 Å². The van der Waals surface area contributed by atoms with Gasteiger partial charge in [-0.15, -0.1) is 0 Å². The van der Waals surface area contributed by atoms with Crippen LogP contribution in [0.3, 0.4) is 0 Å². The van der Waals surface area contributed by atoms with Crippen LogP contribution in [0.4, 0.5) is 5.69 Å². The number of carbonyl (C=O) groups is 2. The number of nitrogens with one attached hydrogen (secondary N) is 1. The highest BCUT2D eigenvalue weighted by atomic mass is 35.5. The number of halogens is 1. The zero-order valence-corrected chi connectivity index (χ0v) is 16.7. The summed E-state index contributed by atoms with van der Waals surface area (Å²) in [4.78, 5) is 40.8. The molecule has 0 fully saturated rings. The molecule has 0 saturated heterocycles. The number of pyridine rings is 1. The maximum absolute atomic E-state index is 12.7. The van der Waals surface area contributed by atoms with Crippen molar-refractivity contribution in [3.8, 4) is 11.5 Å². The average Bonchev–Trinajstić information content (AvgIpc) is 2.70. The number of hydrogen-bond donors (Lipinski definition) is 1. The van der Waals surface area contributed by atoms with Gasteiger partial charge in [-0.3, -0.25) is 18.8 Å². The quantitative estimate of drug-likeness (QED) is 0.621. The maximum Gasteiger partial charge on any atom is 0.281 e. The van der Waals surface area contributed by atoms with Crippen LogP contribution < -0.4 is 20.3 Å². The molecule has 29 heavy (non-hydrogen) atoms. The highest BCUT2D eigenvalue weighted by Crippen LogP contribution is 2.28. The number of fused-ring (bicyclic) bond motifs is 1. The molecule has 0 saturated carbocycles. The van der Waals surface area contributed by atoms with E-state index in [0.29, 0.717) is 33.4 Å². The Morgan fingerprint density at radius 2 is 1.97 bits per heavy atom. The van der Waals surface area contributed by atoms with E-state index in [0.717, 1.165) is 0 Å². The number of methoxy groups -OCH3 is 1. The smallest absolute Gasteiger partial charge is 0.281 e. The van der Waals surface area contributed by atoms with E-state index in [1.54, 1.807) is 31.2 Å². The van der Waals surface area contributed by atoms with Crippen LogP contribution in [0.1, 0.15) is 23.0 Å². The van der Waals surface area contributed by atoms with Gasteiger partial charge >= 0.3 is 0 Å². The normalized spacial score (nSPS) is 10.6. The first-order valence-corrected chi connectivity index (χ1v) is 8.98. The molecule has 9 heteroatoms. The van der Waals surface area contributed by atoms with E-state index < -0.39 is 11.5 Å². The summed E-state index contributed by atoms with van der Waals surface area (Å²) < 4.78 is 11.9. The molecule has 1 N–H and O–H groups in total. The maximum atomic E-state index is 12.7. The highest BCUT2D eigenvalue weighted by molar-refractivity contribution is 6.30. The van der Waals surface area contributed by atoms with Crippen LogP contribution in [-0.2, 0) is 4.79 Å². The number of rotatable bonds is 6. The summed E-state index contributed by atoms with van der Waals surface area (Å²) in [5.41, 5.74) is 0.836. The largest absolute Gasteiger partial charge is 0.493 e. The molecule has 0 aliphatic heterocycles. The number of anilines is 1. The second kappa shape index (κ2) is 8.32. The van der Waals surface area contributed by atoms with E-state index in [1.807, 2.05) is 0 Å². The third-order valence-corrected chi connectivity index (χ3v) is 4.38. The predicted octanol–water partition coefficient (Wildman–Crippen LogP) is 2.89. The minimum absolute atomic E-state index is 0.0391. The molecule has 2 heterocycles. The Balaban J connectivity index is 1.78. The van der Waals surface area contributed by atoms with E-state index >= 15 is 0 Å². The minimum Gasteiger partial charge on any atom is -0.493 e. The number of nitrogens with zero attached hydrogens (tertiary/aromatic N) is 2. The third-order valence-electron chi connectivity index (χ3n) is 4.16. The molecule has 0 unspecified atom stereocenters. The van der Waals surface area contributed by atoms with Gasteiger partial charge in [-0.25, -0.2) is 4.98 Å². The summed E-state index contributed by atoms with van der Waals surface area (Å²) in [5, 5.41) is 2.90. The monoisotopic (exact) mass is 415 g/mol. The van der Waals surface area contributed by atoms with Crippen LogP contribution in [0.25, 0.3) is 5.65 Å². The predicted molar refractivity (Wildman–Crippen MR) is 108 cm³/mol. The number of amides is 1. The fourth-order valence-electron chi connectivity index (χ4n) is 2.69. The molecule has 2 aromatic heterocycles. The van der Waals surface area contributed by atoms with Gasteiger partial charge in [-0.1, -0.05) is 11.6 Å². The molecule has 0 bridgehead atoms. The highest BCUT2D eigenvalue weighted by Gasteiger charge is 2.15. The third kappa shape index (κ3) is 4.38. The van der Waals surface area contributed by atoms with Crippen LogP contribution in [0.5, 0.6) is 11.5 Å². The SMILES string of the molecule is COc1cc(C(C)=O)ccc1OCC(=O)Nc1c(C)nc2ccc(Cl)cn2c1=O.